The fourth-order valence-corrected chi connectivity index (χ4v) is 1.08. The van der Waals surface area contributed by atoms with Crippen molar-refractivity contribution in [2.45, 2.75) is 18.0 Å². The van der Waals surface area contributed by atoms with E-state index in [1.54, 1.807) is 0 Å². The van der Waals surface area contributed by atoms with Gasteiger partial charge < -0.3 is 10.8 Å². The summed E-state index contributed by atoms with van der Waals surface area (Å²) in [4.78, 5) is 10.9. The number of carbonyl (C=O) groups excluding carboxylic acids is 1. The second-order valence-corrected chi connectivity index (χ2v) is 3.58. The molecule has 1 amide bonds. The molecule has 1 aromatic carbocycles. The lowest BCUT2D eigenvalue weighted by Crippen LogP contribution is -2.57. The van der Waals surface area contributed by atoms with Gasteiger partial charge in [0.25, 0.3) is 0 Å². The molecule has 1 rings (SSSR count). The third-order valence-electron chi connectivity index (χ3n) is 2.16. The Hall–Kier alpha value is -1.62. The molecule has 0 bridgehead atoms. The van der Waals surface area contributed by atoms with Crippen LogP contribution in [-0.2, 0) is 4.79 Å². The Balaban J connectivity index is 0. The van der Waals surface area contributed by atoms with Crippen molar-refractivity contribution in [2.24, 2.45) is 0 Å². The third-order valence-corrected chi connectivity index (χ3v) is 2.16. The zero-order valence-corrected chi connectivity index (χ0v) is 11.0. The van der Waals surface area contributed by atoms with Gasteiger partial charge in [-0.3, -0.25) is 4.79 Å². The normalized spacial score (nSPS) is 12.0. The summed E-state index contributed by atoms with van der Waals surface area (Å²) >= 11 is 0. The van der Waals surface area contributed by atoms with Crippen LogP contribution >= 0.6 is 12.4 Å². The van der Waals surface area contributed by atoms with E-state index in [-0.39, 0.29) is 17.9 Å². The molecule has 3 N–H and O–H groups in total. The molecule has 1 aromatic rings. The van der Waals surface area contributed by atoms with E-state index in [4.69, 9.17) is 0 Å². The minimum Gasteiger partial charge on any atom is -0.412 e. The summed E-state index contributed by atoms with van der Waals surface area (Å²) in [6.45, 7) is 0. The lowest BCUT2D eigenvalue weighted by atomic mass is 10.1. The molecular formula is C10H8ClF8NO2. The van der Waals surface area contributed by atoms with Gasteiger partial charge in [-0.25, -0.2) is 4.39 Å². The second-order valence-electron chi connectivity index (χ2n) is 3.58. The van der Waals surface area contributed by atoms with Gasteiger partial charge in [0.1, 0.15) is 5.82 Å². The second kappa shape index (κ2) is 7.09. The minimum atomic E-state index is -6.64. The molecule has 0 radical (unpaired) electrons. The highest BCUT2D eigenvalue weighted by atomic mass is 35.5. The van der Waals surface area contributed by atoms with Crippen LogP contribution in [-0.4, -0.2) is 29.4 Å². The van der Waals surface area contributed by atoms with Crippen molar-refractivity contribution in [1.82, 2.24) is 0 Å². The van der Waals surface area contributed by atoms with Crippen LogP contribution in [0.15, 0.2) is 24.3 Å². The fraction of sp³-hybridized carbons (Fsp3) is 0.300. The molecule has 0 aromatic heterocycles. The van der Waals surface area contributed by atoms with Crippen LogP contribution in [0.5, 0.6) is 0 Å². The number of anilines is 1. The summed E-state index contributed by atoms with van der Waals surface area (Å²) in [5.41, 5.74) is -0.949. The molecule has 0 heterocycles. The lowest BCUT2D eigenvalue weighted by Gasteiger charge is -2.27. The maximum Gasteiger partial charge on any atom is 0.460 e. The molecule has 0 unspecified atom stereocenters. The zero-order valence-electron chi connectivity index (χ0n) is 10.1. The van der Waals surface area contributed by atoms with E-state index in [0.717, 1.165) is 23.5 Å². The van der Waals surface area contributed by atoms with Crippen molar-refractivity contribution < 1.29 is 45.4 Å². The van der Waals surface area contributed by atoms with Crippen LogP contribution in [0.2, 0.25) is 0 Å². The molecule has 0 spiro atoms. The number of alkyl halides is 7. The van der Waals surface area contributed by atoms with Gasteiger partial charge in [0.15, 0.2) is 0 Å². The van der Waals surface area contributed by atoms with Crippen molar-refractivity contribution in [3.63, 3.8) is 0 Å². The SMILES string of the molecule is Cl.O.O=C(Nc1ccccc1F)C(F)(F)C(F)(F)C(F)(F)F. The molecule has 0 saturated carbocycles. The Labute approximate surface area is 124 Å². The number of hydrogen-bond acceptors (Lipinski definition) is 1. The number of halogens is 9. The highest BCUT2D eigenvalue weighted by Crippen LogP contribution is 2.46. The first kappa shape index (κ1) is 22.7. The highest BCUT2D eigenvalue weighted by molar-refractivity contribution is 5.97. The van der Waals surface area contributed by atoms with Gasteiger partial charge in [-0.05, 0) is 12.1 Å². The summed E-state index contributed by atoms with van der Waals surface area (Å²) in [6.07, 6.45) is -6.64. The average molecular weight is 362 g/mol. The summed E-state index contributed by atoms with van der Waals surface area (Å²) in [7, 11) is 0. The first-order valence-corrected chi connectivity index (χ1v) is 4.79. The monoisotopic (exact) mass is 361 g/mol. The molecule has 0 atom stereocenters. The smallest absolute Gasteiger partial charge is 0.412 e. The number of carbonyl (C=O) groups is 1. The van der Waals surface area contributed by atoms with Crippen LogP contribution < -0.4 is 5.32 Å². The topological polar surface area (TPSA) is 60.6 Å². The van der Waals surface area contributed by atoms with E-state index in [0.29, 0.717) is 6.07 Å². The number of nitrogens with one attached hydrogen (secondary N) is 1. The first-order chi connectivity index (χ1) is 8.91. The van der Waals surface area contributed by atoms with Gasteiger partial charge in [-0.2, -0.15) is 30.7 Å². The van der Waals surface area contributed by atoms with Crippen molar-refractivity contribution in [3.05, 3.63) is 30.1 Å². The predicted octanol–water partition coefficient (Wildman–Crippen LogP) is 3.19. The number of para-hydroxylation sites is 1. The predicted molar refractivity (Wildman–Crippen MR) is 61.8 cm³/mol. The molecule has 0 aliphatic heterocycles. The lowest BCUT2D eigenvalue weighted by molar-refractivity contribution is -0.343. The van der Waals surface area contributed by atoms with Crippen LogP contribution in [0.25, 0.3) is 0 Å². The number of rotatable bonds is 3. The molecule has 128 valence electrons. The molecule has 3 nitrogen and oxygen atoms in total. The molecule has 12 heteroatoms. The van der Waals surface area contributed by atoms with Crippen molar-refractivity contribution in [2.75, 3.05) is 5.32 Å². The largest absolute Gasteiger partial charge is 0.460 e. The summed E-state index contributed by atoms with van der Waals surface area (Å²) in [5.74, 6) is -16.9. The number of amides is 1. The maximum atomic E-state index is 13.0. The van der Waals surface area contributed by atoms with Gasteiger partial charge >= 0.3 is 23.9 Å². The summed E-state index contributed by atoms with van der Waals surface area (Å²) in [6, 6.07) is 3.55. The van der Waals surface area contributed by atoms with Crippen LogP contribution in [0, 0.1) is 5.82 Å². The molecule has 0 aliphatic carbocycles. The summed E-state index contributed by atoms with van der Waals surface area (Å²) < 4.78 is 99.3. The van der Waals surface area contributed by atoms with Gasteiger partial charge in [0.05, 0.1) is 5.69 Å². The Morgan fingerprint density at radius 2 is 1.41 bits per heavy atom. The number of hydrogen-bond donors (Lipinski definition) is 1. The maximum absolute atomic E-state index is 13.0. The Kier molecular flexibility index (Phi) is 7.31. The summed E-state index contributed by atoms with van der Waals surface area (Å²) in [5, 5.41) is 0.985. The van der Waals surface area contributed by atoms with Gasteiger partial charge in [-0.15, -0.1) is 12.4 Å². The van der Waals surface area contributed by atoms with Gasteiger partial charge in [0, 0.05) is 0 Å². The standard InChI is InChI=1S/C10H5F8NO.ClH.H2O/c11-5-3-1-2-4-6(5)19-7(20)8(12,13)9(14,15)10(16,17)18;;/h1-4H,(H,19,20);1H;1H2. The van der Waals surface area contributed by atoms with E-state index in [9.17, 15) is 39.9 Å². The number of benzene rings is 1. The van der Waals surface area contributed by atoms with Crippen LogP contribution in [0.4, 0.5) is 40.8 Å². The quantitative estimate of drug-likeness (QED) is 0.826. The van der Waals surface area contributed by atoms with E-state index in [1.165, 1.54) is 0 Å². The van der Waals surface area contributed by atoms with E-state index in [2.05, 4.69) is 0 Å². The van der Waals surface area contributed by atoms with Gasteiger partial charge in [0.2, 0.25) is 0 Å². The Bertz CT molecular complexity index is 520. The van der Waals surface area contributed by atoms with Crippen molar-refractivity contribution in [1.29, 1.82) is 0 Å². The minimum absolute atomic E-state index is 0. The zero-order chi connectivity index (χ0) is 15.8. The molecule has 0 aliphatic rings. The highest BCUT2D eigenvalue weighted by Gasteiger charge is 2.76. The fourth-order valence-electron chi connectivity index (χ4n) is 1.08. The third kappa shape index (κ3) is 3.97. The van der Waals surface area contributed by atoms with E-state index < -0.39 is 35.4 Å². The van der Waals surface area contributed by atoms with Gasteiger partial charge in [-0.1, -0.05) is 12.1 Å². The Morgan fingerprint density at radius 3 is 1.82 bits per heavy atom. The van der Waals surface area contributed by atoms with Crippen molar-refractivity contribution >= 4 is 24.0 Å². The first-order valence-electron chi connectivity index (χ1n) is 4.79. The van der Waals surface area contributed by atoms with Crippen molar-refractivity contribution in [3.8, 4) is 0 Å². The Morgan fingerprint density at radius 1 is 0.955 bits per heavy atom. The van der Waals surface area contributed by atoms with E-state index >= 15 is 0 Å². The molecular weight excluding hydrogens is 354 g/mol. The van der Waals surface area contributed by atoms with Crippen LogP contribution in [0.1, 0.15) is 0 Å². The average Bonchev–Trinajstić information content (AvgIpc) is 2.30. The van der Waals surface area contributed by atoms with E-state index in [1.807, 2.05) is 0 Å². The van der Waals surface area contributed by atoms with Crippen LogP contribution in [0.3, 0.4) is 0 Å². The molecule has 0 saturated heterocycles. The molecule has 0 fully saturated rings. The molecule has 22 heavy (non-hydrogen) atoms.